The first-order valence-corrected chi connectivity index (χ1v) is 7.57. The van der Waals surface area contributed by atoms with Crippen LogP contribution in [0.25, 0.3) is 22.2 Å². The number of thiazole rings is 1. The quantitative estimate of drug-likeness (QED) is 0.665. The molecule has 0 unspecified atom stereocenters. The van der Waals surface area contributed by atoms with Gasteiger partial charge in [0.15, 0.2) is 11.6 Å². The van der Waals surface area contributed by atoms with E-state index in [1.165, 1.54) is 11.3 Å². The number of rotatable bonds is 3. The van der Waals surface area contributed by atoms with E-state index in [2.05, 4.69) is 25.1 Å². The van der Waals surface area contributed by atoms with Crippen LogP contribution in [0.2, 0.25) is 0 Å². The van der Waals surface area contributed by atoms with E-state index in [0.29, 0.717) is 19.6 Å². The maximum atomic E-state index is 10.9. The molecule has 3 aromatic heterocycles. The van der Waals surface area contributed by atoms with Crippen molar-refractivity contribution in [1.82, 2.24) is 34.6 Å². The molecule has 1 aliphatic rings. The summed E-state index contributed by atoms with van der Waals surface area (Å²) in [7, 11) is 0. The molecular formula is C13H11N7OS. The predicted octanol–water partition coefficient (Wildman–Crippen LogP) is 0.831. The zero-order valence-electron chi connectivity index (χ0n) is 11.5. The second-order valence-electron chi connectivity index (χ2n) is 4.80. The van der Waals surface area contributed by atoms with Crippen LogP contribution in [-0.2, 0) is 17.9 Å². The van der Waals surface area contributed by atoms with Crippen LogP contribution in [-0.4, -0.2) is 47.6 Å². The van der Waals surface area contributed by atoms with Crippen molar-refractivity contribution in [2.45, 2.75) is 13.1 Å². The van der Waals surface area contributed by atoms with Gasteiger partial charge >= 0.3 is 0 Å². The van der Waals surface area contributed by atoms with E-state index in [-0.39, 0.29) is 0 Å². The first-order valence-electron chi connectivity index (χ1n) is 6.69. The van der Waals surface area contributed by atoms with Gasteiger partial charge in [0, 0.05) is 30.9 Å². The van der Waals surface area contributed by atoms with Gasteiger partial charge in [-0.1, -0.05) is 0 Å². The molecule has 4 heterocycles. The third-order valence-corrected chi connectivity index (χ3v) is 4.31. The molecule has 0 spiro atoms. The molecule has 0 radical (unpaired) electrons. The molecule has 110 valence electrons. The molecule has 3 aromatic rings. The molecule has 8 nitrogen and oxygen atoms in total. The molecule has 0 bridgehead atoms. The summed E-state index contributed by atoms with van der Waals surface area (Å²) in [5.41, 5.74) is 1.51. The number of carbonyl (C=O) groups excluding carboxylic acids is 1. The molecule has 0 aliphatic carbocycles. The summed E-state index contributed by atoms with van der Waals surface area (Å²) >= 11 is 1.50. The topological polar surface area (TPSA) is 89.7 Å². The summed E-state index contributed by atoms with van der Waals surface area (Å²) in [6.45, 7) is 1.81. The summed E-state index contributed by atoms with van der Waals surface area (Å²) < 4.78 is 2.01. The number of amides is 1. The Kier molecular flexibility index (Phi) is 3.11. The van der Waals surface area contributed by atoms with Crippen molar-refractivity contribution >= 4 is 17.7 Å². The molecule has 22 heavy (non-hydrogen) atoms. The third kappa shape index (κ3) is 2.15. The Labute approximate surface area is 129 Å². The van der Waals surface area contributed by atoms with E-state index < -0.39 is 0 Å². The second kappa shape index (κ2) is 5.26. The van der Waals surface area contributed by atoms with Gasteiger partial charge in [-0.05, 0) is 0 Å². The molecule has 9 heteroatoms. The molecule has 0 saturated carbocycles. The SMILES string of the molecule is O=CN1CCn2c(nnc2-c2csc(-c3cnccn3)n2)C1. The zero-order chi connectivity index (χ0) is 14.9. The van der Waals surface area contributed by atoms with Crippen LogP contribution in [0.5, 0.6) is 0 Å². The fourth-order valence-electron chi connectivity index (χ4n) is 2.36. The highest BCUT2D eigenvalue weighted by atomic mass is 32.1. The highest BCUT2D eigenvalue weighted by molar-refractivity contribution is 7.13. The molecular weight excluding hydrogens is 302 g/mol. The van der Waals surface area contributed by atoms with Gasteiger partial charge in [0.25, 0.3) is 0 Å². The largest absolute Gasteiger partial charge is 0.336 e. The van der Waals surface area contributed by atoms with Crippen molar-refractivity contribution in [2.75, 3.05) is 6.54 Å². The summed E-state index contributed by atoms with van der Waals surface area (Å²) in [6.07, 6.45) is 5.80. The monoisotopic (exact) mass is 313 g/mol. The van der Waals surface area contributed by atoms with Gasteiger partial charge in [0.1, 0.15) is 16.4 Å². The Bertz CT molecular complexity index is 813. The second-order valence-corrected chi connectivity index (χ2v) is 5.65. The molecule has 1 aliphatic heterocycles. The van der Waals surface area contributed by atoms with Crippen LogP contribution in [0, 0.1) is 0 Å². The molecule has 4 rings (SSSR count). The first-order chi connectivity index (χ1) is 10.8. The highest BCUT2D eigenvalue weighted by Gasteiger charge is 2.22. The number of carbonyl (C=O) groups is 1. The number of hydrogen-bond acceptors (Lipinski definition) is 7. The van der Waals surface area contributed by atoms with Gasteiger partial charge in [-0.2, -0.15) is 0 Å². The molecule has 0 aromatic carbocycles. The molecule has 0 saturated heterocycles. The standard InChI is InChI=1S/C13H11N7OS/c21-8-19-3-4-20-11(6-19)17-18-12(20)10-7-22-13(16-10)9-5-14-1-2-15-9/h1-2,5,7-8H,3-4,6H2. The highest BCUT2D eigenvalue weighted by Crippen LogP contribution is 2.27. The fourth-order valence-corrected chi connectivity index (χ4v) is 3.12. The van der Waals surface area contributed by atoms with E-state index in [0.717, 1.165) is 34.5 Å². The van der Waals surface area contributed by atoms with E-state index in [4.69, 9.17) is 0 Å². The lowest BCUT2D eigenvalue weighted by Gasteiger charge is -2.23. The lowest BCUT2D eigenvalue weighted by atomic mass is 10.3. The smallest absolute Gasteiger partial charge is 0.210 e. The normalized spacial score (nSPS) is 13.9. The zero-order valence-corrected chi connectivity index (χ0v) is 12.3. The average molecular weight is 313 g/mol. The van der Waals surface area contributed by atoms with Crippen molar-refractivity contribution in [1.29, 1.82) is 0 Å². The fraction of sp³-hybridized carbons (Fsp3) is 0.231. The summed E-state index contributed by atoms with van der Waals surface area (Å²) in [5, 5.41) is 11.1. The van der Waals surface area contributed by atoms with Crippen molar-refractivity contribution in [3.8, 4) is 22.2 Å². The maximum Gasteiger partial charge on any atom is 0.210 e. The number of fused-ring (bicyclic) bond motifs is 1. The average Bonchev–Trinajstić information content (AvgIpc) is 3.21. The molecule has 0 fully saturated rings. The van der Waals surface area contributed by atoms with Gasteiger partial charge < -0.3 is 9.47 Å². The van der Waals surface area contributed by atoms with E-state index in [9.17, 15) is 4.79 Å². The number of nitrogens with zero attached hydrogens (tertiary/aromatic N) is 7. The van der Waals surface area contributed by atoms with E-state index >= 15 is 0 Å². The number of aromatic nitrogens is 6. The minimum absolute atomic E-state index is 0.484. The number of hydrogen-bond donors (Lipinski definition) is 0. The van der Waals surface area contributed by atoms with Gasteiger partial charge in [-0.3, -0.25) is 14.8 Å². The Hall–Kier alpha value is -2.68. The van der Waals surface area contributed by atoms with Crippen LogP contribution in [0.1, 0.15) is 5.82 Å². The van der Waals surface area contributed by atoms with E-state index in [1.54, 1.807) is 23.5 Å². The van der Waals surface area contributed by atoms with Crippen molar-refractivity contribution in [2.24, 2.45) is 0 Å². The molecule has 0 N–H and O–H groups in total. The van der Waals surface area contributed by atoms with Crippen LogP contribution >= 0.6 is 11.3 Å². The minimum Gasteiger partial charge on any atom is -0.336 e. The van der Waals surface area contributed by atoms with Gasteiger partial charge in [0.05, 0.1) is 12.7 Å². The van der Waals surface area contributed by atoms with Gasteiger partial charge in [-0.15, -0.1) is 21.5 Å². The Morgan fingerprint density at radius 1 is 1.18 bits per heavy atom. The Morgan fingerprint density at radius 2 is 2.14 bits per heavy atom. The van der Waals surface area contributed by atoms with Crippen LogP contribution in [0.15, 0.2) is 24.0 Å². The van der Waals surface area contributed by atoms with Crippen molar-refractivity contribution < 1.29 is 4.79 Å². The van der Waals surface area contributed by atoms with Crippen molar-refractivity contribution in [3.05, 3.63) is 29.8 Å². The summed E-state index contributed by atoms with van der Waals surface area (Å²) in [6, 6.07) is 0. The first kappa shape index (κ1) is 13.0. The lowest BCUT2D eigenvalue weighted by molar-refractivity contribution is -0.119. The molecule has 1 amide bonds. The predicted molar refractivity (Wildman–Crippen MR) is 78.6 cm³/mol. The van der Waals surface area contributed by atoms with E-state index in [1.807, 2.05) is 9.95 Å². The van der Waals surface area contributed by atoms with Crippen LogP contribution in [0.4, 0.5) is 0 Å². The van der Waals surface area contributed by atoms with Gasteiger partial charge in [-0.25, -0.2) is 4.98 Å². The lowest BCUT2D eigenvalue weighted by Crippen LogP contribution is -2.32. The summed E-state index contributed by atoms with van der Waals surface area (Å²) in [5.74, 6) is 1.51. The van der Waals surface area contributed by atoms with Crippen molar-refractivity contribution in [3.63, 3.8) is 0 Å². The Morgan fingerprint density at radius 3 is 2.95 bits per heavy atom. The third-order valence-electron chi connectivity index (χ3n) is 3.45. The summed E-state index contributed by atoms with van der Waals surface area (Å²) in [4.78, 5) is 25.4. The Balaban J connectivity index is 1.68. The van der Waals surface area contributed by atoms with Crippen LogP contribution < -0.4 is 0 Å². The van der Waals surface area contributed by atoms with Gasteiger partial charge in [0.2, 0.25) is 6.41 Å². The minimum atomic E-state index is 0.484. The molecule has 0 atom stereocenters. The van der Waals surface area contributed by atoms with Crippen LogP contribution in [0.3, 0.4) is 0 Å². The maximum absolute atomic E-state index is 10.9.